The zero-order valence-electron chi connectivity index (χ0n) is 50.6. The molecule has 2 aromatic carbocycles. The van der Waals surface area contributed by atoms with Crippen molar-refractivity contribution in [2.45, 2.75) is 154 Å². The molecule has 6 heterocycles. The summed E-state index contributed by atoms with van der Waals surface area (Å²) < 4.78 is 134. The summed E-state index contributed by atoms with van der Waals surface area (Å²) in [6.07, 6.45) is 0.994. The van der Waals surface area contributed by atoms with Crippen LogP contribution in [0.3, 0.4) is 0 Å². The molecule has 4 aliphatic heterocycles. The second-order valence-corrected chi connectivity index (χ2v) is 22.7. The summed E-state index contributed by atoms with van der Waals surface area (Å²) in [6.45, 7) is 8.08. The van der Waals surface area contributed by atoms with Gasteiger partial charge < -0.3 is 35.8 Å². The molecule has 4 saturated heterocycles. The smallest absolute Gasteiger partial charge is 0.451 e. The molecule has 496 valence electrons. The van der Waals surface area contributed by atoms with Crippen LogP contribution in [0, 0.1) is 34.5 Å². The molecule has 1 amide bonds. The summed E-state index contributed by atoms with van der Waals surface area (Å²) in [5, 5.41) is 29.6. The molecule has 4 aromatic rings. The van der Waals surface area contributed by atoms with E-state index in [1.54, 1.807) is 51.1 Å². The minimum absolute atomic E-state index is 0.00205. The molecule has 0 aliphatic carbocycles. The molecule has 91 heavy (non-hydrogen) atoms. The molecule has 0 radical (unpaired) electrons. The quantitative estimate of drug-likeness (QED) is 0.0664. The third-order valence-corrected chi connectivity index (χ3v) is 15.5. The van der Waals surface area contributed by atoms with E-state index in [2.05, 4.69) is 37.4 Å². The maximum absolute atomic E-state index is 13.8. The highest BCUT2D eigenvalue weighted by atomic mass is 32.2. The van der Waals surface area contributed by atoms with Crippen LogP contribution in [-0.2, 0) is 65.6 Å². The summed E-state index contributed by atoms with van der Waals surface area (Å²) in [5.74, 6) is -2.05. The lowest BCUT2D eigenvalue weighted by Gasteiger charge is -2.34. The number of benzene rings is 2. The Hall–Kier alpha value is -8.16. The van der Waals surface area contributed by atoms with Crippen molar-refractivity contribution >= 4 is 67.9 Å². The van der Waals surface area contributed by atoms with Crippen LogP contribution in [0.4, 0.5) is 49.6 Å². The Bertz CT molecular complexity index is 3300. The summed E-state index contributed by atoms with van der Waals surface area (Å²) in [6, 6.07) is 20.7. The van der Waals surface area contributed by atoms with Gasteiger partial charge in [0.2, 0.25) is 17.6 Å². The number of carbonyl (C=O) groups excluding carboxylic acids is 3. The van der Waals surface area contributed by atoms with Gasteiger partial charge in [-0.3, -0.25) is 19.2 Å². The van der Waals surface area contributed by atoms with Gasteiger partial charge in [-0.15, -0.1) is 25.3 Å². The normalized spacial score (nSPS) is 16.6. The predicted octanol–water partition coefficient (Wildman–Crippen LogP) is 8.03. The van der Waals surface area contributed by atoms with Gasteiger partial charge in [-0.2, -0.15) is 36.9 Å². The van der Waals surface area contributed by atoms with E-state index in [1.807, 2.05) is 43.0 Å². The fraction of sp³-hybridized carbons (Fsp3) is 0.567. The van der Waals surface area contributed by atoms with Crippen LogP contribution < -0.4 is 30.7 Å². The van der Waals surface area contributed by atoms with Crippen LogP contribution in [0.1, 0.15) is 150 Å². The van der Waals surface area contributed by atoms with E-state index in [9.17, 15) is 45.5 Å². The number of aliphatic carboxylic acids is 1. The molecule has 8 rings (SSSR count). The number of carboxylic acids is 1. The Balaban J connectivity index is 0.000000335. The number of ketones is 2. The second-order valence-electron chi connectivity index (χ2n) is 21.9. The largest absolute Gasteiger partial charge is 0.481 e. The fourth-order valence-corrected chi connectivity index (χ4v) is 11.1. The molecule has 2 atom stereocenters. The van der Waals surface area contributed by atoms with Gasteiger partial charge in [-0.1, -0.05) is 31.2 Å². The van der Waals surface area contributed by atoms with E-state index in [0.717, 1.165) is 36.9 Å². The SMILES string of the molecule is CCN.CCNC(=O)CCC1CCN(c2cc(N3CCC[C@H]3C(=O)CCCc3ccc(C#N)cc3)nc(C(F)(F)F)n2)CC1.N#Cc1ccc(CCCC(=O)[C@@H]2CCCN2c2cc(N3CCC(CCC(=O)O)CC3)nc(C(F)(F)F)n2)cc1.O=S(=O)=O.O=S(=O)=O. The number of carboxylic acid groups (broad SMARTS) is 1. The number of rotatable bonds is 21. The minimum atomic E-state index is -4.73. The van der Waals surface area contributed by atoms with Crippen LogP contribution >= 0.6 is 0 Å². The molecule has 0 unspecified atom stereocenters. The summed E-state index contributed by atoms with van der Waals surface area (Å²) >= 11 is 0. The number of aromatic nitrogens is 4. The van der Waals surface area contributed by atoms with Crippen molar-refractivity contribution in [3.05, 3.63) is 94.6 Å². The average Bonchev–Trinajstić information content (AvgIpc) is 1.91. The van der Waals surface area contributed by atoms with Gasteiger partial charge in [0.15, 0.2) is 11.6 Å². The third-order valence-electron chi connectivity index (χ3n) is 15.5. The van der Waals surface area contributed by atoms with Crippen LogP contribution in [0.15, 0.2) is 60.7 Å². The Morgan fingerprint density at radius 2 is 0.912 bits per heavy atom. The Morgan fingerprint density at radius 3 is 1.23 bits per heavy atom. The standard InChI is InChI=1S/C30H37F3N6O2.C28H32F3N5O3.C2H7N.2O3S/c1-2-35-28(41)13-12-22-14-17-38(18-15-22)26-19-27(37-29(36-26)30(31,32)33)39-16-4-6-24(39)25(40)7-3-5-21-8-10-23(20-34)11-9-21;29-28(30,31)27-33-24(35-15-12-20(13-16-35)10-11-26(38)39)17-25(34-27)36-14-2-4-22(36)23(37)5-1-3-19-6-8-21(18-32)9-7-19;1-2-3;2*1-4(2)3/h8-11,19,22,24H,2-7,12-18H2,1H3,(H,35,41);6-9,17,20,22H,1-5,10-16H2,(H,38,39);2-3H2,1H3;;/t24-;22-;;;/m00.../s1. The summed E-state index contributed by atoms with van der Waals surface area (Å²) in [5.41, 5.74) is 8.05. The van der Waals surface area contributed by atoms with Gasteiger partial charge in [0.25, 0.3) is 0 Å². The molecule has 0 bridgehead atoms. The highest BCUT2D eigenvalue weighted by Crippen LogP contribution is 2.37. The Labute approximate surface area is 527 Å². The maximum atomic E-state index is 13.8. The maximum Gasteiger partial charge on any atom is 0.451 e. The van der Waals surface area contributed by atoms with Crippen LogP contribution in [-0.4, -0.2) is 138 Å². The fourth-order valence-electron chi connectivity index (χ4n) is 11.1. The van der Waals surface area contributed by atoms with Crippen molar-refractivity contribution in [3.8, 4) is 12.1 Å². The lowest BCUT2D eigenvalue weighted by molar-refractivity contribution is -0.145. The Morgan fingerprint density at radius 1 is 0.571 bits per heavy atom. The Kier molecular flexibility index (Phi) is 31.3. The monoisotopic (exact) mass is 1320 g/mol. The molecule has 23 nitrogen and oxygen atoms in total. The number of hydrogen-bond acceptors (Lipinski definition) is 21. The molecular formula is C60H76F6N12O11S2. The van der Waals surface area contributed by atoms with Gasteiger partial charge in [0, 0.05) is 83.6 Å². The second kappa shape index (κ2) is 37.9. The number of amides is 1. The molecular weight excluding hydrogens is 1240 g/mol. The predicted molar refractivity (Wildman–Crippen MR) is 322 cm³/mol. The van der Waals surface area contributed by atoms with Crippen molar-refractivity contribution < 1.29 is 75.9 Å². The topological polar surface area (TPSA) is 341 Å². The first-order valence-electron chi connectivity index (χ1n) is 29.9. The van der Waals surface area contributed by atoms with Crippen molar-refractivity contribution in [1.29, 1.82) is 10.5 Å². The van der Waals surface area contributed by atoms with E-state index < -0.39 is 63.3 Å². The number of nitrogens with two attached hydrogens (primary N) is 1. The zero-order chi connectivity index (χ0) is 67.3. The first kappa shape index (κ1) is 75.3. The van der Waals surface area contributed by atoms with E-state index in [1.165, 1.54) is 0 Å². The number of piperidine rings is 2. The number of anilines is 4. The van der Waals surface area contributed by atoms with Crippen molar-refractivity contribution in [1.82, 2.24) is 25.3 Å². The minimum Gasteiger partial charge on any atom is -0.481 e. The van der Waals surface area contributed by atoms with Gasteiger partial charge >= 0.3 is 39.5 Å². The van der Waals surface area contributed by atoms with Crippen LogP contribution in [0.5, 0.6) is 0 Å². The third kappa shape index (κ3) is 26.3. The molecule has 4 N–H and O–H groups in total. The lowest BCUT2D eigenvalue weighted by Crippen LogP contribution is -2.38. The van der Waals surface area contributed by atoms with Gasteiger partial charge in [0.05, 0.1) is 35.3 Å². The lowest BCUT2D eigenvalue weighted by atomic mass is 9.92. The van der Waals surface area contributed by atoms with E-state index in [0.29, 0.717) is 153 Å². The number of carbonyl (C=O) groups is 4. The van der Waals surface area contributed by atoms with Crippen LogP contribution in [0.25, 0.3) is 0 Å². The first-order valence-corrected chi connectivity index (χ1v) is 31.9. The van der Waals surface area contributed by atoms with Gasteiger partial charge in [-0.05, 0) is 151 Å². The van der Waals surface area contributed by atoms with Gasteiger partial charge in [-0.25, -0.2) is 19.9 Å². The number of alkyl halides is 6. The molecule has 2 aromatic heterocycles. The number of nitrogens with zero attached hydrogens (tertiary/aromatic N) is 10. The van der Waals surface area contributed by atoms with Crippen LogP contribution in [0.2, 0.25) is 0 Å². The number of hydrogen-bond donors (Lipinski definition) is 3. The van der Waals surface area contributed by atoms with Crippen molar-refractivity contribution in [2.75, 3.05) is 72.0 Å². The zero-order valence-corrected chi connectivity index (χ0v) is 52.3. The van der Waals surface area contributed by atoms with E-state index >= 15 is 0 Å². The van der Waals surface area contributed by atoms with E-state index in [-0.39, 0.29) is 53.1 Å². The van der Waals surface area contributed by atoms with Gasteiger partial charge in [0.1, 0.15) is 23.3 Å². The number of aryl methyl sites for hydroxylation is 2. The highest BCUT2D eigenvalue weighted by Gasteiger charge is 2.41. The molecule has 4 aliphatic rings. The number of nitriles is 2. The highest BCUT2D eigenvalue weighted by molar-refractivity contribution is 7.59. The first-order chi connectivity index (χ1) is 43.2. The summed E-state index contributed by atoms with van der Waals surface area (Å²) in [4.78, 5) is 71.5. The molecule has 0 saturated carbocycles. The molecule has 31 heteroatoms. The van der Waals surface area contributed by atoms with Crippen molar-refractivity contribution in [2.24, 2.45) is 17.6 Å². The summed E-state index contributed by atoms with van der Waals surface area (Å²) in [7, 11) is -6.22. The van der Waals surface area contributed by atoms with Crippen molar-refractivity contribution in [3.63, 3.8) is 0 Å². The molecule has 0 spiro atoms. The molecule has 4 fully saturated rings. The van der Waals surface area contributed by atoms with E-state index in [4.69, 9.17) is 46.6 Å². The number of Topliss-reactive ketones (excluding diaryl/α,β-unsaturated/α-hetero) is 2. The number of nitrogens with one attached hydrogen (secondary N) is 1. The number of halogens is 6. The average molecular weight is 1320 g/mol.